The second-order valence-corrected chi connectivity index (χ2v) is 4.82. The van der Waals surface area contributed by atoms with Gasteiger partial charge >= 0.3 is 0 Å². The second-order valence-electron chi connectivity index (χ2n) is 4.82. The van der Waals surface area contributed by atoms with Gasteiger partial charge in [-0.15, -0.1) is 0 Å². The van der Waals surface area contributed by atoms with Crippen molar-refractivity contribution in [1.82, 2.24) is 9.88 Å². The van der Waals surface area contributed by atoms with E-state index in [4.69, 9.17) is 0 Å². The van der Waals surface area contributed by atoms with Gasteiger partial charge in [0.15, 0.2) is 0 Å². The van der Waals surface area contributed by atoms with Crippen LogP contribution >= 0.6 is 0 Å². The molecule has 2 amide bonds. The highest BCUT2D eigenvalue weighted by Gasteiger charge is 2.44. The maximum Gasteiger partial charge on any atom is 0.280 e. The van der Waals surface area contributed by atoms with Crippen LogP contribution in [0.4, 0.5) is 0 Å². The monoisotopic (exact) mass is 246 g/mol. The number of rotatable bonds is 2. The van der Waals surface area contributed by atoms with Gasteiger partial charge in [0.1, 0.15) is 5.69 Å². The maximum absolute atomic E-state index is 12.2. The van der Waals surface area contributed by atoms with Crippen molar-refractivity contribution in [1.29, 1.82) is 0 Å². The van der Waals surface area contributed by atoms with E-state index in [2.05, 4.69) is 4.98 Å². The Morgan fingerprint density at radius 1 is 1.33 bits per heavy atom. The van der Waals surface area contributed by atoms with E-state index in [0.29, 0.717) is 5.56 Å². The molecule has 1 aromatic rings. The number of nitrogens with zero attached hydrogens (tertiary/aromatic N) is 2. The van der Waals surface area contributed by atoms with Crippen molar-refractivity contribution in [3.05, 3.63) is 29.6 Å². The lowest BCUT2D eigenvalue weighted by molar-refractivity contribution is 0.0512. The number of aromatic nitrogens is 1. The van der Waals surface area contributed by atoms with Gasteiger partial charge in [-0.05, 0) is 25.0 Å². The molecule has 1 N–H and O–H groups in total. The molecule has 18 heavy (non-hydrogen) atoms. The quantitative estimate of drug-likeness (QED) is 0.785. The van der Waals surface area contributed by atoms with Gasteiger partial charge in [-0.3, -0.25) is 19.5 Å². The summed E-state index contributed by atoms with van der Waals surface area (Å²) in [5.74, 6) is -0.582. The number of imide groups is 1. The van der Waals surface area contributed by atoms with Crippen LogP contribution in [-0.2, 0) is 0 Å². The Kier molecular flexibility index (Phi) is 2.63. The SMILES string of the molecule is O=C1c2cccnc2C(=O)N1C1CCCC1CO. The molecule has 0 aromatic carbocycles. The highest BCUT2D eigenvalue weighted by Crippen LogP contribution is 2.34. The summed E-state index contributed by atoms with van der Waals surface area (Å²) < 4.78 is 0. The highest BCUT2D eigenvalue weighted by atomic mass is 16.3. The minimum atomic E-state index is -0.319. The predicted molar refractivity (Wildman–Crippen MR) is 63.0 cm³/mol. The van der Waals surface area contributed by atoms with Crippen LogP contribution in [-0.4, -0.2) is 39.5 Å². The molecule has 2 aliphatic rings. The fraction of sp³-hybridized carbons (Fsp3) is 0.462. The van der Waals surface area contributed by atoms with E-state index in [1.807, 2.05) is 0 Å². The molecule has 1 saturated carbocycles. The van der Waals surface area contributed by atoms with Crippen molar-refractivity contribution >= 4 is 11.8 Å². The average molecular weight is 246 g/mol. The van der Waals surface area contributed by atoms with Crippen LogP contribution in [0.25, 0.3) is 0 Å². The van der Waals surface area contributed by atoms with Crippen molar-refractivity contribution in [2.45, 2.75) is 25.3 Å². The molecule has 94 valence electrons. The summed E-state index contributed by atoms with van der Waals surface area (Å²) in [7, 11) is 0. The zero-order chi connectivity index (χ0) is 12.7. The normalized spacial score (nSPS) is 26.8. The standard InChI is InChI=1S/C13H14N2O3/c16-7-8-3-1-5-10(8)15-12(17)9-4-2-6-14-11(9)13(15)18/h2,4,6,8,10,16H,1,3,5,7H2. The zero-order valence-electron chi connectivity index (χ0n) is 9.87. The Morgan fingerprint density at radius 3 is 2.89 bits per heavy atom. The first-order valence-electron chi connectivity index (χ1n) is 6.18. The summed E-state index contributed by atoms with van der Waals surface area (Å²) in [5, 5.41) is 9.32. The molecule has 2 heterocycles. The Bertz CT molecular complexity index is 480. The van der Waals surface area contributed by atoms with Gasteiger partial charge in [-0.1, -0.05) is 6.42 Å². The van der Waals surface area contributed by atoms with Crippen molar-refractivity contribution in [3.8, 4) is 0 Å². The maximum atomic E-state index is 12.2. The molecule has 5 nitrogen and oxygen atoms in total. The fourth-order valence-electron chi connectivity index (χ4n) is 2.96. The minimum Gasteiger partial charge on any atom is -0.396 e. The van der Waals surface area contributed by atoms with Crippen LogP contribution in [0, 0.1) is 5.92 Å². The number of pyridine rings is 1. The molecule has 1 aliphatic carbocycles. The van der Waals surface area contributed by atoms with E-state index in [-0.39, 0.29) is 36.1 Å². The molecule has 1 aliphatic heterocycles. The number of fused-ring (bicyclic) bond motifs is 1. The minimum absolute atomic E-state index is 0.00668. The second kappa shape index (κ2) is 4.17. The molecule has 3 rings (SSSR count). The Hall–Kier alpha value is -1.75. The number of carbonyl (C=O) groups excluding carboxylic acids is 2. The first-order valence-corrected chi connectivity index (χ1v) is 6.18. The molecule has 2 atom stereocenters. The van der Waals surface area contributed by atoms with E-state index in [9.17, 15) is 14.7 Å². The number of aliphatic hydroxyl groups excluding tert-OH is 1. The third-order valence-corrected chi connectivity index (χ3v) is 3.86. The van der Waals surface area contributed by atoms with Gasteiger partial charge in [0.2, 0.25) is 0 Å². The van der Waals surface area contributed by atoms with Gasteiger partial charge in [0, 0.05) is 24.8 Å². The molecular formula is C13H14N2O3. The van der Waals surface area contributed by atoms with Gasteiger partial charge in [0.05, 0.1) is 5.56 Å². The summed E-state index contributed by atoms with van der Waals surface area (Å²) in [6, 6.07) is 3.11. The molecule has 5 heteroatoms. The molecule has 1 aromatic heterocycles. The summed E-state index contributed by atoms with van der Waals surface area (Å²) >= 11 is 0. The van der Waals surface area contributed by atoms with Crippen LogP contribution < -0.4 is 0 Å². The molecular weight excluding hydrogens is 232 g/mol. The van der Waals surface area contributed by atoms with Gasteiger partial charge < -0.3 is 5.11 Å². The molecule has 0 saturated heterocycles. The number of aliphatic hydroxyl groups is 1. The van der Waals surface area contributed by atoms with Crippen LogP contribution in [0.1, 0.15) is 40.1 Å². The first-order chi connectivity index (χ1) is 8.74. The third-order valence-electron chi connectivity index (χ3n) is 3.86. The van der Waals surface area contributed by atoms with E-state index in [1.54, 1.807) is 12.1 Å². The van der Waals surface area contributed by atoms with Crippen LogP contribution in [0.5, 0.6) is 0 Å². The smallest absolute Gasteiger partial charge is 0.280 e. The summed E-state index contributed by atoms with van der Waals surface area (Å²) in [6.07, 6.45) is 4.10. The molecule has 0 radical (unpaired) electrons. The predicted octanol–water partition coefficient (Wildman–Crippen LogP) is 0.839. The zero-order valence-corrected chi connectivity index (χ0v) is 9.87. The van der Waals surface area contributed by atoms with E-state index < -0.39 is 0 Å². The summed E-state index contributed by atoms with van der Waals surface area (Å²) in [4.78, 5) is 29.7. The first kappa shape index (κ1) is 11.3. The fourth-order valence-corrected chi connectivity index (χ4v) is 2.96. The average Bonchev–Trinajstić information content (AvgIpc) is 2.95. The van der Waals surface area contributed by atoms with Crippen molar-refractivity contribution in [3.63, 3.8) is 0 Å². The van der Waals surface area contributed by atoms with Gasteiger partial charge in [-0.25, -0.2) is 0 Å². The summed E-state index contributed by atoms with van der Waals surface area (Å²) in [5.41, 5.74) is 0.622. The topological polar surface area (TPSA) is 70.5 Å². The van der Waals surface area contributed by atoms with Crippen LogP contribution in [0.3, 0.4) is 0 Å². The lowest BCUT2D eigenvalue weighted by atomic mass is 10.0. The number of hydrogen-bond acceptors (Lipinski definition) is 4. The molecule has 0 spiro atoms. The molecule has 0 bridgehead atoms. The van der Waals surface area contributed by atoms with Gasteiger partial charge in [0.25, 0.3) is 11.8 Å². The Morgan fingerprint density at radius 2 is 2.17 bits per heavy atom. The lowest BCUT2D eigenvalue weighted by Gasteiger charge is -2.26. The molecule has 2 unspecified atom stereocenters. The van der Waals surface area contributed by atoms with Crippen molar-refractivity contribution < 1.29 is 14.7 Å². The number of amides is 2. The highest BCUT2D eigenvalue weighted by molar-refractivity contribution is 6.20. The van der Waals surface area contributed by atoms with E-state index in [0.717, 1.165) is 19.3 Å². The van der Waals surface area contributed by atoms with Crippen molar-refractivity contribution in [2.75, 3.05) is 6.61 Å². The van der Waals surface area contributed by atoms with Crippen LogP contribution in [0.15, 0.2) is 18.3 Å². The Balaban J connectivity index is 1.97. The lowest BCUT2D eigenvalue weighted by Crippen LogP contribution is -2.42. The third kappa shape index (κ3) is 1.47. The summed E-state index contributed by atoms with van der Waals surface area (Å²) in [6.45, 7) is 0.0193. The largest absolute Gasteiger partial charge is 0.396 e. The number of carbonyl (C=O) groups is 2. The van der Waals surface area contributed by atoms with Crippen LogP contribution in [0.2, 0.25) is 0 Å². The number of hydrogen-bond donors (Lipinski definition) is 1. The van der Waals surface area contributed by atoms with Crippen molar-refractivity contribution in [2.24, 2.45) is 5.92 Å². The Labute approximate surface area is 104 Å². The van der Waals surface area contributed by atoms with E-state index >= 15 is 0 Å². The van der Waals surface area contributed by atoms with Gasteiger partial charge in [-0.2, -0.15) is 0 Å². The molecule has 1 fully saturated rings. The van der Waals surface area contributed by atoms with E-state index in [1.165, 1.54) is 11.1 Å².